The van der Waals surface area contributed by atoms with E-state index in [-0.39, 0.29) is 30.4 Å². The summed E-state index contributed by atoms with van der Waals surface area (Å²) in [6.45, 7) is 2.93. The third-order valence-corrected chi connectivity index (χ3v) is 6.12. The number of aliphatic carboxylic acids is 1. The minimum Gasteiger partial charge on any atom is -0.481 e. The summed E-state index contributed by atoms with van der Waals surface area (Å²) in [6, 6.07) is 0.177. The van der Waals surface area contributed by atoms with Gasteiger partial charge in [0.2, 0.25) is 0 Å². The number of fused-ring (bicyclic) bond motifs is 1. The van der Waals surface area contributed by atoms with Gasteiger partial charge < -0.3 is 21.1 Å². The van der Waals surface area contributed by atoms with E-state index in [2.05, 4.69) is 22.9 Å². The number of nitrogens with one attached hydrogen (secondary N) is 3. The predicted octanol–water partition coefficient (Wildman–Crippen LogP) is 0.982. The second kappa shape index (κ2) is 9.27. The molecule has 2 amide bonds. The molecule has 0 aromatic carbocycles. The zero-order valence-electron chi connectivity index (χ0n) is 14.0. The first-order valence-electron chi connectivity index (χ1n) is 8.67. The molecule has 0 aromatic rings. The number of carbonyl (C=O) groups excluding carboxylic acids is 2. The SMILES string of the molecule is CCCCNCC(=O)C(CCC[C@@H]1SC[C@@H]2NC(=O)N[C@@H]21)C(=O)O. The maximum Gasteiger partial charge on any atom is 0.315 e. The van der Waals surface area contributed by atoms with Gasteiger partial charge in [-0.2, -0.15) is 11.8 Å². The van der Waals surface area contributed by atoms with Gasteiger partial charge in [-0.05, 0) is 25.8 Å². The van der Waals surface area contributed by atoms with Gasteiger partial charge in [0.25, 0.3) is 0 Å². The van der Waals surface area contributed by atoms with E-state index in [0.29, 0.717) is 18.1 Å². The number of hydrogen-bond acceptors (Lipinski definition) is 5. The molecule has 2 saturated heterocycles. The zero-order valence-corrected chi connectivity index (χ0v) is 14.9. The van der Waals surface area contributed by atoms with Crippen molar-refractivity contribution in [1.82, 2.24) is 16.0 Å². The molecule has 2 fully saturated rings. The zero-order chi connectivity index (χ0) is 17.5. The van der Waals surface area contributed by atoms with Gasteiger partial charge in [-0.3, -0.25) is 9.59 Å². The fourth-order valence-electron chi connectivity index (χ4n) is 3.22. The second-order valence-electron chi connectivity index (χ2n) is 6.44. The number of carbonyl (C=O) groups is 3. The fraction of sp³-hybridized carbons (Fsp3) is 0.812. The van der Waals surface area contributed by atoms with Crippen molar-refractivity contribution in [2.75, 3.05) is 18.8 Å². The highest BCUT2D eigenvalue weighted by Gasteiger charge is 2.42. The van der Waals surface area contributed by atoms with Gasteiger partial charge in [0.05, 0.1) is 18.6 Å². The predicted molar refractivity (Wildman–Crippen MR) is 93.3 cm³/mol. The van der Waals surface area contributed by atoms with Crippen molar-refractivity contribution < 1.29 is 19.5 Å². The van der Waals surface area contributed by atoms with E-state index < -0.39 is 11.9 Å². The lowest BCUT2D eigenvalue weighted by molar-refractivity contribution is -0.146. The second-order valence-corrected chi connectivity index (χ2v) is 7.71. The van der Waals surface area contributed by atoms with E-state index in [9.17, 15) is 19.5 Å². The molecular weight excluding hydrogens is 330 g/mol. The number of ketones is 1. The van der Waals surface area contributed by atoms with Crippen LogP contribution in [0.15, 0.2) is 0 Å². The number of Topliss-reactive ketones (excluding diaryl/α,β-unsaturated/α-hetero) is 1. The number of unbranched alkanes of at least 4 members (excludes halogenated alkanes) is 1. The van der Waals surface area contributed by atoms with Crippen LogP contribution in [0, 0.1) is 5.92 Å². The largest absolute Gasteiger partial charge is 0.481 e. The number of hydrogen-bond donors (Lipinski definition) is 4. The maximum absolute atomic E-state index is 12.1. The standard InChI is InChI=1S/C16H27N3O4S/c1-2-3-7-17-8-12(20)10(15(21)22)5-4-6-13-14-11(9-24-13)18-16(23)19-14/h10-11,13-14,17H,2-9H2,1H3,(H,21,22)(H2,18,19,23)/t10?,11-,13-,14-/m0/s1. The molecule has 136 valence electrons. The molecule has 1 unspecified atom stereocenters. The molecule has 4 atom stereocenters. The van der Waals surface area contributed by atoms with Gasteiger partial charge in [0.15, 0.2) is 5.78 Å². The summed E-state index contributed by atoms with van der Waals surface area (Å²) in [5.41, 5.74) is 0. The molecule has 2 heterocycles. The highest BCUT2D eigenvalue weighted by atomic mass is 32.2. The van der Waals surface area contributed by atoms with Crippen LogP contribution in [-0.4, -0.2) is 59.1 Å². The van der Waals surface area contributed by atoms with Crippen LogP contribution in [0.2, 0.25) is 0 Å². The molecule has 0 spiro atoms. The van der Waals surface area contributed by atoms with Gasteiger partial charge >= 0.3 is 12.0 Å². The summed E-state index contributed by atoms with van der Waals surface area (Å²) < 4.78 is 0. The molecule has 2 aliphatic rings. The fourth-order valence-corrected chi connectivity index (χ4v) is 4.77. The number of rotatable bonds is 11. The lowest BCUT2D eigenvalue weighted by Crippen LogP contribution is -2.37. The Labute approximate surface area is 146 Å². The van der Waals surface area contributed by atoms with Gasteiger partial charge in [0, 0.05) is 11.0 Å². The van der Waals surface area contributed by atoms with Crippen molar-refractivity contribution in [2.45, 2.75) is 56.4 Å². The Bertz CT molecular complexity index is 474. The van der Waals surface area contributed by atoms with Crippen molar-refractivity contribution in [3.05, 3.63) is 0 Å². The van der Waals surface area contributed by atoms with Crippen LogP contribution in [0.5, 0.6) is 0 Å². The first-order valence-corrected chi connectivity index (χ1v) is 9.72. The molecule has 7 nitrogen and oxygen atoms in total. The Morgan fingerprint density at radius 1 is 1.38 bits per heavy atom. The summed E-state index contributed by atoms with van der Waals surface area (Å²) in [7, 11) is 0. The van der Waals surface area contributed by atoms with Crippen LogP contribution in [0.25, 0.3) is 0 Å². The van der Waals surface area contributed by atoms with Crippen molar-refractivity contribution in [1.29, 1.82) is 0 Å². The normalized spacial score (nSPS) is 26.5. The molecule has 0 aromatic heterocycles. The summed E-state index contributed by atoms with van der Waals surface area (Å²) >= 11 is 1.80. The van der Waals surface area contributed by atoms with Crippen LogP contribution in [0.4, 0.5) is 4.79 Å². The summed E-state index contributed by atoms with van der Waals surface area (Å²) in [5.74, 6) is -1.33. The minimum atomic E-state index is -1.04. The molecule has 0 radical (unpaired) electrons. The molecule has 0 bridgehead atoms. The monoisotopic (exact) mass is 357 g/mol. The number of carboxylic acids is 1. The third kappa shape index (κ3) is 5.11. The highest BCUT2D eigenvalue weighted by Crippen LogP contribution is 2.33. The maximum atomic E-state index is 12.1. The first kappa shape index (κ1) is 19.1. The smallest absolute Gasteiger partial charge is 0.315 e. The number of thioether (sulfide) groups is 1. The molecule has 0 aliphatic carbocycles. The third-order valence-electron chi connectivity index (χ3n) is 4.61. The van der Waals surface area contributed by atoms with Crippen LogP contribution in [-0.2, 0) is 9.59 Å². The average Bonchev–Trinajstić information content (AvgIpc) is 3.07. The molecular formula is C16H27N3O4S. The molecule has 2 rings (SSSR count). The van der Waals surface area contributed by atoms with Crippen LogP contribution in [0.3, 0.4) is 0 Å². The van der Waals surface area contributed by atoms with Crippen LogP contribution >= 0.6 is 11.8 Å². The molecule has 0 saturated carbocycles. The van der Waals surface area contributed by atoms with Crippen molar-refractivity contribution >= 4 is 29.5 Å². The van der Waals surface area contributed by atoms with E-state index in [0.717, 1.165) is 31.6 Å². The Morgan fingerprint density at radius 3 is 2.88 bits per heavy atom. The average molecular weight is 357 g/mol. The highest BCUT2D eigenvalue weighted by molar-refractivity contribution is 8.00. The summed E-state index contributed by atoms with van der Waals surface area (Å²) in [4.78, 5) is 34.8. The van der Waals surface area contributed by atoms with Gasteiger partial charge in [-0.1, -0.05) is 19.8 Å². The van der Waals surface area contributed by atoms with Crippen LogP contribution < -0.4 is 16.0 Å². The van der Waals surface area contributed by atoms with E-state index >= 15 is 0 Å². The summed E-state index contributed by atoms with van der Waals surface area (Å²) in [6.07, 6.45) is 3.87. The van der Waals surface area contributed by atoms with Crippen LogP contribution in [0.1, 0.15) is 39.0 Å². The molecule has 8 heteroatoms. The minimum absolute atomic E-state index is 0.118. The van der Waals surface area contributed by atoms with E-state index in [1.54, 1.807) is 11.8 Å². The number of amides is 2. The Morgan fingerprint density at radius 2 is 2.17 bits per heavy atom. The lowest BCUT2D eigenvalue weighted by atomic mass is 9.95. The topological polar surface area (TPSA) is 108 Å². The van der Waals surface area contributed by atoms with E-state index in [4.69, 9.17) is 0 Å². The summed E-state index contributed by atoms with van der Waals surface area (Å²) in [5, 5.41) is 18.4. The Balaban J connectivity index is 1.72. The van der Waals surface area contributed by atoms with Gasteiger partial charge in [0.1, 0.15) is 5.92 Å². The number of urea groups is 1. The van der Waals surface area contributed by atoms with E-state index in [1.165, 1.54) is 0 Å². The quantitative estimate of drug-likeness (QED) is 0.249. The molecule has 4 N–H and O–H groups in total. The molecule has 24 heavy (non-hydrogen) atoms. The molecule has 2 aliphatic heterocycles. The number of carboxylic acid groups (broad SMARTS) is 1. The van der Waals surface area contributed by atoms with Gasteiger partial charge in [-0.15, -0.1) is 0 Å². The van der Waals surface area contributed by atoms with E-state index in [1.807, 2.05) is 0 Å². The van der Waals surface area contributed by atoms with Gasteiger partial charge in [-0.25, -0.2) is 4.79 Å². The Hall–Kier alpha value is -1.28. The first-order chi connectivity index (χ1) is 11.5. The Kier molecular flexibility index (Phi) is 7.36. The van der Waals surface area contributed by atoms with Crippen molar-refractivity contribution in [3.63, 3.8) is 0 Å². The lowest BCUT2D eigenvalue weighted by Gasteiger charge is -2.18. The van der Waals surface area contributed by atoms with Crippen molar-refractivity contribution in [2.24, 2.45) is 5.92 Å². The van der Waals surface area contributed by atoms with Crippen molar-refractivity contribution in [3.8, 4) is 0 Å².